The zero-order chi connectivity index (χ0) is 17.4. The molecule has 1 atom stereocenters. The lowest BCUT2D eigenvalue weighted by Crippen LogP contribution is -2.17. The number of imidazole rings is 1. The van der Waals surface area contributed by atoms with E-state index in [0.29, 0.717) is 28.3 Å². The molecule has 130 valence electrons. The summed E-state index contributed by atoms with van der Waals surface area (Å²) in [6.07, 6.45) is 4.51. The third-order valence-electron chi connectivity index (χ3n) is 4.04. The molecule has 1 aliphatic rings. The summed E-state index contributed by atoms with van der Waals surface area (Å²) >= 11 is 3.27. The first-order valence-corrected chi connectivity index (χ1v) is 8.65. The number of nitrogens with zero attached hydrogens (tertiary/aromatic N) is 4. The third-order valence-corrected chi connectivity index (χ3v) is 4.40. The van der Waals surface area contributed by atoms with Gasteiger partial charge in [-0.2, -0.15) is 0 Å². The van der Waals surface area contributed by atoms with Gasteiger partial charge in [-0.25, -0.2) is 23.7 Å². The molecule has 1 aliphatic heterocycles. The van der Waals surface area contributed by atoms with Crippen molar-refractivity contribution in [1.29, 1.82) is 0 Å². The number of hydrogen-bond acceptors (Lipinski definition) is 5. The fourth-order valence-electron chi connectivity index (χ4n) is 2.85. The third kappa shape index (κ3) is 3.21. The SMILES string of the molecule is Fc1ccc(Nc2nc(Br)nc3c2ncn3C2CCCCO2)c(F)c1. The number of hydrogen-bond donors (Lipinski definition) is 1. The molecule has 1 N–H and O–H groups in total. The van der Waals surface area contributed by atoms with Gasteiger partial charge in [-0.1, -0.05) is 0 Å². The zero-order valence-electron chi connectivity index (χ0n) is 13.0. The van der Waals surface area contributed by atoms with Gasteiger partial charge in [-0.15, -0.1) is 0 Å². The van der Waals surface area contributed by atoms with Gasteiger partial charge >= 0.3 is 0 Å². The van der Waals surface area contributed by atoms with E-state index in [4.69, 9.17) is 4.74 Å². The minimum Gasteiger partial charge on any atom is -0.358 e. The second-order valence-corrected chi connectivity index (χ2v) is 6.44. The number of aromatic nitrogens is 4. The Morgan fingerprint density at radius 1 is 1.24 bits per heavy atom. The Bertz CT molecular complexity index is 926. The maximum Gasteiger partial charge on any atom is 0.200 e. The standard InChI is InChI=1S/C16H14BrF2N5O/c17-16-22-14(21-11-5-4-9(18)7-10(11)19)13-15(23-16)24(8-20-13)12-3-1-2-6-25-12/h4-5,7-8,12H,1-3,6H2,(H,21,22,23). The summed E-state index contributed by atoms with van der Waals surface area (Å²) in [5.41, 5.74) is 1.18. The summed E-state index contributed by atoms with van der Waals surface area (Å²) < 4.78 is 35.0. The lowest BCUT2D eigenvalue weighted by Gasteiger charge is -2.23. The number of nitrogens with one attached hydrogen (secondary N) is 1. The molecule has 0 bridgehead atoms. The molecule has 0 saturated carbocycles. The Labute approximate surface area is 150 Å². The predicted molar refractivity (Wildman–Crippen MR) is 91.5 cm³/mol. The van der Waals surface area contributed by atoms with Crippen molar-refractivity contribution >= 4 is 38.6 Å². The molecule has 1 saturated heterocycles. The molecule has 25 heavy (non-hydrogen) atoms. The first-order chi connectivity index (χ1) is 12.1. The molecule has 0 amide bonds. The Balaban J connectivity index is 1.75. The number of halogens is 3. The van der Waals surface area contributed by atoms with E-state index in [1.165, 1.54) is 12.1 Å². The molecular formula is C16H14BrF2N5O. The van der Waals surface area contributed by atoms with Gasteiger partial charge in [0.2, 0.25) is 4.73 Å². The number of fused-ring (bicyclic) bond motifs is 1. The summed E-state index contributed by atoms with van der Waals surface area (Å²) in [5, 5.41) is 2.86. The Morgan fingerprint density at radius 3 is 2.88 bits per heavy atom. The fourth-order valence-corrected chi connectivity index (χ4v) is 3.19. The first kappa shape index (κ1) is 16.3. The number of ether oxygens (including phenoxy) is 1. The molecule has 2 aromatic heterocycles. The topological polar surface area (TPSA) is 64.9 Å². The molecule has 4 rings (SSSR count). The number of anilines is 2. The highest BCUT2D eigenvalue weighted by Gasteiger charge is 2.21. The quantitative estimate of drug-likeness (QED) is 0.652. The summed E-state index contributed by atoms with van der Waals surface area (Å²) in [7, 11) is 0. The van der Waals surface area contributed by atoms with Crippen LogP contribution in [0.25, 0.3) is 11.2 Å². The molecule has 0 aliphatic carbocycles. The van der Waals surface area contributed by atoms with E-state index in [1.54, 1.807) is 6.33 Å². The van der Waals surface area contributed by atoms with Crippen LogP contribution in [0.5, 0.6) is 0 Å². The molecule has 3 heterocycles. The van der Waals surface area contributed by atoms with Crippen LogP contribution in [0.2, 0.25) is 0 Å². The van der Waals surface area contributed by atoms with E-state index in [0.717, 1.165) is 25.3 Å². The Kier molecular flexibility index (Phi) is 4.34. The van der Waals surface area contributed by atoms with E-state index >= 15 is 0 Å². The summed E-state index contributed by atoms with van der Waals surface area (Å²) in [6, 6.07) is 3.30. The van der Waals surface area contributed by atoms with Crippen molar-refractivity contribution in [3.05, 3.63) is 40.9 Å². The van der Waals surface area contributed by atoms with Crippen LogP contribution >= 0.6 is 15.9 Å². The molecule has 0 spiro atoms. The van der Waals surface area contributed by atoms with Gasteiger partial charge < -0.3 is 10.1 Å². The Morgan fingerprint density at radius 2 is 2.12 bits per heavy atom. The summed E-state index contributed by atoms with van der Waals surface area (Å²) in [4.78, 5) is 13.0. The van der Waals surface area contributed by atoms with Crippen molar-refractivity contribution in [1.82, 2.24) is 19.5 Å². The molecule has 1 unspecified atom stereocenters. The van der Waals surface area contributed by atoms with Crippen LogP contribution < -0.4 is 5.32 Å². The van der Waals surface area contributed by atoms with Gasteiger partial charge in [-0.3, -0.25) is 4.57 Å². The molecule has 1 fully saturated rings. The largest absolute Gasteiger partial charge is 0.358 e. The Hall–Kier alpha value is -2.13. The fraction of sp³-hybridized carbons (Fsp3) is 0.312. The highest BCUT2D eigenvalue weighted by molar-refractivity contribution is 9.10. The van der Waals surface area contributed by atoms with Crippen LogP contribution in [0.4, 0.5) is 20.3 Å². The van der Waals surface area contributed by atoms with Gasteiger partial charge in [0.25, 0.3) is 0 Å². The number of benzene rings is 1. The minimum absolute atomic E-state index is 0.108. The van der Waals surface area contributed by atoms with E-state index in [9.17, 15) is 8.78 Å². The number of rotatable bonds is 3. The zero-order valence-corrected chi connectivity index (χ0v) is 14.6. The average Bonchev–Trinajstić information content (AvgIpc) is 3.02. The van der Waals surface area contributed by atoms with Crippen molar-refractivity contribution in [2.24, 2.45) is 0 Å². The first-order valence-electron chi connectivity index (χ1n) is 7.85. The maximum absolute atomic E-state index is 13.9. The monoisotopic (exact) mass is 409 g/mol. The van der Waals surface area contributed by atoms with Crippen LogP contribution in [0.15, 0.2) is 29.3 Å². The molecule has 1 aromatic carbocycles. The van der Waals surface area contributed by atoms with E-state index in [2.05, 4.69) is 36.2 Å². The minimum atomic E-state index is -0.710. The van der Waals surface area contributed by atoms with Gasteiger partial charge in [0.05, 0.1) is 12.0 Å². The smallest absolute Gasteiger partial charge is 0.200 e. The highest BCUT2D eigenvalue weighted by atomic mass is 79.9. The molecule has 0 radical (unpaired) electrons. The summed E-state index contributed by atoms with van der Waals surface area (Å²) in [6.45, 7) is 0.697. The van der Waals surface area contributed by atoms with Gasteiger partial charge in [-0.05, 0) is 47.3 Å². The van der Waals surface area contributed by atoms with Crippen molar-refractivity contribution in [3.63, 3.8) is 0 Å². The van der Waals surface area contributed by atoms with Crippen LogP contribution in [-0.2, 0) is 4.74 Å². The van der Waals surface area contributed by atoms with Crippen LogP contribution in [-0.4, -0.2) is 26.1 Å². The second-order valence-electron chi connectivity index (χ2n) is 5.74. The van der Waals surface area contributed by atoms with E-state index in [-0.39, 0.29) is 11.9 Å². The lowest BCUT2D eigenvalue weighted by atomic mass is 10.2. The maximum atomic E-state index is 13.9. The lowest BCUT2D eigenvalue weighted by molar-refractivity contribution is -0.0298. The van der Waals surface area contributed by atoms with E-state index < -0.39 is 11.6 Å². The second kappa shape index (κ2) is 6.64. The normalized spacial score (nSPS) is 17.8. The molecule has 9 heteroatoms. The van der Waals surface area contributed by atoms with Gasteiger partial charge in [0.15, 0.2) is 17.0 Å². The van der Waals surface area contributed by atoms with Gasteiger partial charge in [0, 0.05) is 12.7 Å². The highest BCUT2D eigenvalue weighted by Crippen LogP contribution is 2.30. The van der Waals surface area contributed by atoms with E-state index in [1.807, 2.05) is 4.57 Å². The van der Waals surface area contributed by atoms with Crippen molar-refractivity contribution in [2.75, 3.05) is 11.9 Å². The van der Waals surface area contributed by atoms with Crippen molar-refractivity contribution in [3.8, 4) is 0 Å². The predicted octanol–water partition coefficient (Wildman–Crippen LogP) is 4.31. The molecule has 3 aromatic rings. The molecule has 6 nitrogen and oxygen atoms in total. The van der Waals surface area contributed by atoms with Gasteiger partial charge in [0.1, 0.15) is 17.9 Å². The summed E-state index contributed by atoms with van der Waals surface area (Å²) in [5.74, 6) is -1.02. The van der Waals surface area contributed by atoms with Crippen molar-refractivity contribution in [2.45, 2.75) is 25.5 Å². The van der Waals surface area contributed by atoms with Crippen LogP contribution in [0.1, 0.15) is 25.5 Å². The average molecular weight is 410 g/mol. The van der Waals surface area contributed by atoms with Crippen LogP contribution in [0.3, 0.4) is 0 Å². The van der Waals surface area contributed by atoms with Crippen LogP contribution in [0, 0.1) is 11.6 Å². The molecular weight excluding hydrogens is 396 g/mol. The van der Waals surface area contributed by atoms with Crippen molar-refractivity contribution < 1.29 is 13.5 Å².